The Labute approximate surface area is 144 Å². The van der Waals surface area contributed by atoms with Crippen molar-refractivity contribution in [2.45, 2.75) is 26.3 Å². The third-order valence-corrected chi connectivity index (χ3v) is 4.79. The van der Waals surface area contributed by atoms with Crippen LogP contribution >= 0.6 is 11.3 Å². The van der Waals surface area contributed by atoms with E-state index in [1.807, 2.05) is 12.1 Å². The molecule has 0 saturated carbocycles. The van der Waals surface area contributed by atoms with E-state index in [4.69, 9.17) is 9.47 Å². The van der Waals surface area contributed by atoms with Gasteiger partial charge in [0, 0.05) is 24.9 Å². The minimum atomic E-state index is 0.637. The number of hydrogen-bond donors (Lipinski definition) is 1. The second-order valence-electron chi connectivity index (χ2n) is 5.63. The molecule has 0 radical (unpaired) electrons. The highest BCUT2D eigenvalue weighted by Gasteiger charge is 2.15. The lowest BCUT2D eigenvalue weighted by molar-refractivity contribution is 0.296. The highest BCUT2D eigenvalue weighted by molar-refractivity contribution is 7.16. The molecule has 0 atom stereocenters. The highest BCUT2D eigenvalue weighted by Crippen LogP contribution is 2.34. The summed E-state index contributed by atoms with van der Waals surface area (Å²) < 4.78 is 11.6. The summed E-state index contributed by atoms with van der Waals surface area (Å²) >= 11 is 1.64. The zero-order valence-corrected chi connectivity index (χ0v) is 14.4. The Hall–Kier alpha value is -2.34. The van der Waals surface area contributed by atoms with Crippen LogP contribution in [0.25, 0.3) is 10.2 Å². The Balaban J connectivity index is 1.63. The second-order valence-corrected chi connectivity index (χ2v) is 6.52. The first-order valence-corrected chi connectivity index (χ1v) is 9.08. The molecular weight excluding hydrogens is 322 g/mol. The summed E-state index contributed by atoms with van der Waals surface area (Å²) in [4.78, 5) is 10.2. The van der Waals surface area contributed by atoms with Crippen LogP contribution in [-0.4, -0.2) is 23.2 Å². The van der Waals surface area contributed by atoms with E-state index in [2.05, 4.69) is 39.7 Å². The van der Waals surface area contributed by atoms with Gasteiger partial charge in [0.25, 0.3) is 0 Å². The standard InChI is InChI=1S/C18H19N3O2S/c1-2-15-20-17(13-7-10-24-18(13)21-15)19-11-12-5-3-6-14-16(12)23-9-4-8-22-14/h3,5-7,10H,2,4,8-9,11H2,1H3,(H,19,20,21). The van der Waals surface area contributed by atoms with Gasteiger partial charge < -0.3 is 14.8 Å². The molecule has 0 unspecified atom stereocenters. The number of para-hydroxylation sites is 1. The zero-order valence-electron chi connectivity index (χ0n) is 13.5. The van der Waals surface area contributed by atoms with Crippen LogP contribution in [0, 0.1) is 0 Å². The number of anilines is 1. The van der Waals surface area contributed by atoms with Crippen LogP contribution < -0.4 is 14.8 Å². The third kappa shape index (κ3) is 2.89. The van der Waals surface area contributed by atoms with Crippen molar-refractivity contribution < 1.29 is 9.47 Å². The molecule has 0 bridgehead atoms. The summed E-state index contributed by atoms with van der Waals surface area (Å²) in [5.41, 5.74) is 1.08. The Morgan fingerprint density at radius 1 is 1.17 bits per heavy atom. The molecule has 0 spiro atoms. The van der Waals surface area contributed by atoms with Crippen molar-refractivity contribution in [3.63, 3.8) is 0 Å². The summed E-state index contributed by atoms with van der Waals surface area (Å²) in [5.74, 6) is 3.41. The smallest absolute Gasteiger partial charge is 0.166 e. The van der Waals surface area contributed by atoms with Crippen LogP contribution in [0.2, 0.25) is 0 Å². The van der Waals surface area contributed by atoms with E-state index in [0.717, 1.165) is 51.8 Å². The molecule has 0 aliphatic carbocycles. The molecule has 124 valence electrons. The normalized spacial score (nSPS) is 13.7. The Morgan fingerprint density at radius 3 is 3.00 bits per heavy atom. The van der Waals surface area contributed by atoms with Crippen LogP contribution in [0.15, 0.2) is 29.6 Å². The minimum Gasteiger partial charge on any atom is -0.490 e. The van der Waals surface area contributed by atoms with Gasteiger partial charge in [0.1, 0.15) is 16.5 Å². The predicted octanol–water partition coefficient (Wildman–Crippen LogP) is 4.03. The van der Waals surface area contributed by atoms with Crippen LogP contribution in [0.1, 0.15) is 24.7 Å². The highest BCUT2D eigenvalue weighted by atomic mass is 32.1. The summed E-state index contributed by atoms with van der Waals surface area (Å²) in [6.07, 6.45) is 1.73. The van der Waals surface area contributed by atoms with Gasteiger partial charge in [0.05, 0.1) is 18.6 Å². The molecule has 0 fully saturated rings. The first-order chi connectivity index (χ1) is 11.8. The van der Waals surface area contributed by atoms with Crippen molar-refractivity contribution >= 4 is 27.4 Å². The topological polar surface area (TPSA) is 56.3 Å². The first-order valence-electron chi connectivity index (χ1n) is 8.20. The van der Waals surface area contributed by atoms with Gasteiger partial charge in [0.15, 0.2) is 11.5 Å². The summed E-state index contributed by atoms with van der Waals surface area (Å²) in [5, 5.41) is 6.57. The monoisotopic (exact) mass is 341 g/mol. The van der Waals surface area contributed by atoms with Crippen LogP contribution in [-0.2, 0) is 13.0 Å². The largest absolute Gasteiger partial charge is 0.490 e. The van der Waals surface area contributed by atoms with E-state index in [9.17, 15) is 0 Å². The van der Waals surface area contributed by atoms with Gasteiger partial charge >= 0.3 is 0 Å². The molecule has 1 aliphatic heterocycles. The summed E-state index contributed by atoms with van der Waals surface area (Å²) in [6, 6.07) is 8.09. The van der Waals surface area contributed by atoms with Crippen molar-refractivity contribution in [1.82, 2.24) is 9.97 Å². The predicted molar refractivity (Wildman–Crippen MR) is 96.2 cm³/mol. The SMILES string of the molecule is CCc1nc(NCc2cccc3c2OCCCO3)c2ccsc2n1. The number of benzene rings is 1. The molecule has 1 aliphatic rings. The lowest BCUT2D eigenvalue weighted by atomic mass is 10.2. The molecule has 0 amide bonds. The Kier molecular flexibility index (Phi) is 4.21. The van der Waals surface area contributed by atoms with E-state index in [-0.39, 0.29) is 0 Å². The van der Waals surface area contributed by atoms with Gasteiger partial charge in [-0.3, -0.25) is 0 Å². The van der Waals surface area contributed by atoms with Gasteiger partial charge in [-0.15, -0.1) is 11.3 Å². The number of thiophene rings is 1. The number of nitrogens with zero attached hydrogens (tertiary/aromatic N) is 2. The average molecular weight is 341 g/mol. The van der Waals surface area contributed by atoms with E-state index in [1.165, 1.54) is 0 Å². The van der Waals surface area contributed by atoms with Gasteiger partial charge in [-0.25, -0.2) is 9.97 Å². The molecule has 1 N–H and O–H groups in total. The Morgan fingerprint density at radius 2 is 2.08 bits per heavy atom. The molecule has 6 heteroatoms. The zero-order chi connectivity index (χ0) is 16.4. The third-order valence-electron chi connectivity index (χ3n) is 3.99. The fourth-order valence-electron chi connectivity index (χ4n) is 2.76. The quantitative estimate of drug-likeness (QED) is 0.776. The lowest BCUT2D eigenvalue weighted by Gasteiger charge is -2.14. The maximum absolute atomic E-state index is 5.89. The molecule has 0 saturated heterocycles. The molecule has 3 heterocycles. The average Bonchev–Trinajstić information content (AvgIpc) is 2.95. The van der Waals surface area contributed by atoms with Crippen LogP contribution in [0.3, 0.4) is 0 Å². The van der Waals surface area contributed by atoms with E-state index in [0.29, 0.717) is 19.8 Å². The van der Waals surface area contributed by atoms with Crippen molar-refractivity contribution in [2.75, 3.05) is 18.5 Å². The van der Waals surface area contributed by atoms with Crippen molar-refractivity contribution in [2.24, 2.45) is 0 Å². The number of nitrogens with one attached hydrogen (secondary N) is 1. The molecule has 5 nitrogen and oxygen atoms in total. The van der Waals surface area contributed by atoms with Crippen molar-refractivity contribution in [3.05, 3.63) is 41.0 Å². The van der Waals surface area contributed by atoms with Crippen LogP contribution in [0.4, 0.5) is 5.82 Å². The van der Waals surface area contributed by atoms with Gasteiger partial charge in [0.2, 0.25) is 0 Å². The number of aryl methyl sites for hydroxylation is 1. The molecule has 2 aromatic heterocycles. The maximum atomic E-state index is 5.89. The maximum Gasteiger partial charge on any atom is 0.166 e. The first kappa shape index (κ1) is 15.2. The Bertz CT molecular complexity index is 863. The van der Waals surface area contributed by atoms with Crippen molar-refractivity contribution in [1.29, 1.82) is 0 Å². The lowest BCUT2D eigenvalue weighted by Crippen LogP contribution is -2.06. The fraction of sp³-hybridized carbons (Fsp3) is 0.333. The summed E-state index contributed by atoms with van der Waals surface area (Å²) in [7, 11) is 0. The fourth-order valence-corrected chi connectivity index (χ4v) is 3.55. The number of aromatic nitrogens is 2. The number of rotatable bonds is 4. The van der Waals surface area contributed by atoms with E-state index < -0.39 is 0 Å². The molecular formula is C18H19N3O2S. The number of ether oxygens (including phenoxy) is 2. The van der Waals surface area contributed by atoms with E-state index >= 15 is 0 Å². The second kappa shape index (κ2) is 6.65. The molecule has 1 aromatic carbocycles. The van der Waals surface area contributed by atoms with E-state index in [1.54, 1.807) is 11.3 Å². The van der Waals surface area contributed by atoms with Gasteiger partial charge in [-0.2, -0.15) is 0 Å². The van der Waals surface area contributed by atoms with Crippen molar-refractivity contribution in [3.8, 4) is 11.5 Å². The molecule has 3 aromatic rings. The van der Waals surface area contributed by atoms with Gasteiger partial charge in [-0.05, 0) is 17.5 Å². The molecule has 24 heavy (non-hydrogen) atoms. The van der Waals surface area contributed by atoms with Crippen LogP contribution in [0.5, 0.6) is 11.5 Å². The number of fused-ring (bicyclic) bond motifs is 2. The minimum absolute atomic E-state index is 0.637. The summed E-state index contributed by atoms with van der Waals surface area (Å²) in [6.45, 7) is 4.09. The molecule has 4 rings (SSSR count). The van der Waals surface area contributed by atoms with Gasteiger partial charge in [-0.1, -0.05) is 19.1 Å². The number of hydrogen-bond acceptors (Lipinski definition) is 6.